The second kappa shape index (κ2) is 4.54. The maximum atomic E-state index is 5.85. The molecule has 0 bridgehead atoms. The standard InChI is InChI=1S/C10H14IN5/c1-15(2)3-4-16-5-7(11)8-9(12)13-6-14-10(8)16/h5-6H,3-4H2,1-2H3,(H2,12,13,14). The lowest BCUT2D eigenvalue weighted by Gasteiger charge is -2.10. The van der Waals surface area contributed by atoms with Gasteiger partial charge in [-0.3, -0.25) is 0 Å². The first kappa shape index (κ1) is 11.6. The number of anilines is 1. The maximum absolute atomic E-state index is 5.85. The third kappa shape index (κ3) is 2.12. The molecule has 2 N–H and O–H groups in total. The Morgan fingerprint density at radius 3 is 2.88 bits per heavy atom. The Labute approximate surface area is 108 Å². The van der Waals surface area contributed by atoms with Gasteiger partial charge in [0.2, 0.25) is 0 Å². The van der Waals surface area contributed by atoms with Gasteiger partial charge in [-0.25, -0.2) is 9.97 Å². The maximum Gasteiger partial charge on any atom is 0.146 e. The van der Waals surface area contributed by atoms with E-state index in [0.29, 0.717) is 5.82 Å². The minimum Gasteiger partial charge on any atom is -0.383 e. The number of nitrogen functional groups attached to an aromatic ring is 1. The lowest BCUT2D eigenvalue weighted by atomic mass is 10.4. The molecular weight excluding hydrogens is 317 g/mol. The molecule has 2 heterocycles. The van der Waals surface area contributed by atoms with Gasteiger partial charge in [-0.2, -0.15) is 0 Å². The van der Waals surface area contributed by atoms with E-state index in [4.69, 9.17) is 5.73 Å². The molecule has 16 heavy (non-hydrogen) atoms. The summed E-state index contributed by atoms with van der Waals surface area (Å²) in [5.74, 6) is 0.554. The average Bonchev–Trinajstić information content (AvgIpc) is 2.54. The lowest BCUT2D eigenvalue weighted by Crippen LogP contribution is -2.18. The molecule has 2 aromatic heterocycles. The fourth-order valence-electron chi connectivity index (χ4n) is 1.58. The van der Waals surface area contributed by atoms with Crippen molar-refractivity contribution in [3.63, 3.8) is 0 Å². The smallest absolute Gasteiger partial charge is 0.146 e. The van der Waals surface area contributed by atoms with Crippen LogP contribution in [-0.4, -0.2) is 40.1 Å². The molecule has 0 aromatic carbocycles. The zero-order valence-corrected chi connectivity index (χ0v) is 11.5. The normalized spacial score (nSPS) is 11.5. The second-order valence-corrected chi connectivity index (χ2v) is 5.09. The van der Waals surface area contributed by atoms with Gasteiger partial charge in [0, 0.05) is 22.9 Å². The number of hydrogen-bond acceptors (Lipinski definition) is 4. The van der Waals surface area contributed by atoms with E-state index in [1.54, 1.807) is 0 Å². The van der Waals surface area contributed by atoms with Gasteiger partial charge in [-0.05, 0) is 36.7 Å². The second-order valence-electron chi connectivity index (χ2n) is 3.93. The molecule has 5 nitrogen and oxygen atoms in total. The molecule has 0 amide bonds. The highest BCUT2D eigenvalue weighted by Crippen LogP contribution is 2.24. The summed E-state index contributed by atoms with van der Waals surface area (Å²) in [5, 5.41) is 0.960. The summed E-state index contributed by atoms with van der Waals surface area (Å²) in [6, 6.07) is 0. The van der Waals surface area contributed by atoms with Gasteiger partial charge < -0.3 is 15.2 Å². The quantitative estimate of drug-likeness (QED) is 0.858. The first-order chi connectivity index (χ1) is 7.59. The number of halogens is 1. The summed E-state index contributed by atoms with van der Waals surface area (Å²) < 4.78 is 3.22. The van der Waals surface area contributed by atoms with E-state index in [1.807, 2.05) is 0 Å². The predicted octanol–water partition coefficient (Wildman–Crippen LogP) is 1.18. The predicted molar refractivity (Wildman–Crippen MR) is 73.2 cm³/mol. The summed E-state index contributed by atoms with van der Waals surface area (Å²) in [6.07, 6.45) is 3.58. The Kier molecular flexibility index (Phi) is 3.29. The van der Waals surface area contributed by atoms with Gasteiger partial charge in [0.25, 0.3) is 0 Å². The molecule has 0 radical (unpaired) electrons. The van der Waals surface area contributed by atoms with Crippen LogP contribution in [-0.2, 0) is 6.54 Å². The van der Waals surface area contributed by atoms with Crippen LogP contribution < -0.4 is 5.73 Å². The van der Waals surface area contributed by atoms with Gasteiger partial charge in [-0.15, -0.1) is 0 Å². The van der Waals surface area contributed by atoms with Crippen molar-refractivity contribution in [1.29, 1.82) is 0 Å². The van der Waals surface area contributed by atoms with E-state index in [-0.39, 0.29) is 0 Å². The third-order valence-electron chi connectivity index (χ3n) is 2.42. The van der Waals surface area contributed by atoms with Gasteiger partial charge in [-0.1, -0.05) is 0 Å². The first-order valence-electron chi connectivity index (χ1n) is 4.99. The van der Waals surface area contributed by atoms with E-state index in [1.165, 1.54) is 6.33 Å². The largest absolute Gasteiger partial charge is 0.383 e. The molecule has 2 aromatic rings. The van der Waals surface area contributed by atoms with E-state index in [2.05, 4.69) is 62.3 Å². The number of aromatic nitrogens is 3. The molecule has 0 unspecified atom stereocenters. The molecular formula is C10H14IN5. The molecule has 0 atom stereocenters. The van der Waals surface area contributed by atoms with Gasteiger partial charge >= 0.3 is 0 Å². The topological polar surface area (TPSA) is 60.0 Å². The lowest BCUT2D eigenvalue weighted by molar-refractivity contribution is 0.386. The number of rotatable bonds is 3. The van der Waals surface area contributed by atoms with Crippen LogP contribution in [0, 0.1) is 3.57 Å². The van der Waals surface area contributed by atoms with Crippen LogP contribution in [0.2, 0.25) is 0 Å². The SMILES string of the molecule is CN(C)CCn1cc(I)c2c(N)ncnc21. The van der Waals surface area contributed by atoms with Crippen molar-refractivity contribution < 1.29 is 0 Å². The van der Waals surface area contributed by atoms with E-state index >= 15 is 0 Å². The molecule has 86 valence electrons. The van der Waals surface area contributed by atoms with Crippen molar-refractivity contribution in [1.82, 2.24) is 19.4 Å². The zero-order valence-electron chi connectivity index (χ0n) is 9.31. The number of nitrogens with zero attached hydrogens (tertiary/aromatic N) is 4. The Hall–Kier alpha value is -0.890. The minimum atomic E-state index is 0.554. The molecule has 0 aliphatic carbocycles. The molecule has 0 fully saturated rings. The van der Waals surface area contributed by atoms with Crippen LogP contribution >= 0.6 is 22.6 Å². The Morgan fingerprint density at radius 2 is 2.19 bits per heavy atom. The van der Waals surface area contributed by atoms with Crippen LogP contribution in [0.1, 0.15) is 0 Å². The van der Waals surface area contributed by atoms with Gasteiger partial charge in [0.05, 0.1) is 5.39 Å². The number of fused-ring (bicyclic) bond motifs is 1. The average molecular weight is 331 g/mol. The van der Waals surface area contributed by atoms with Crippen LogP contribution in [0.4, 0.5) is 5.82 Å². The van der Waals surface area contributed by atoms with Crippen molar-refractivity contribution in [3.8, 4) is 0 Å². The summed E-state index contributed by atoms with van der Waals surface area (Å²) in [5.41, 5.74) is 6.76. The zero-order chi connectivity index (χ0) is 11.7. The number of hydrogen-bond donors (Lipinski definition) is 1. The summed E-state index contributed by atoms with van der Waals surface area (Å²) in [6.45, 7) is 1.88. The van der Waals surface area contributed by atoms with Crippen molar-refractivity contribution in [2.45, 2.75) is 6.54 Å². The molecule has 0 spiro atoms. The highest BCUT2D eigenvalue weighted by atomic mass is 127. The number of nitrogens with two attached hydrogens (primary N) is 1. The van der Waals surface area contributed by atoms with Gasteiger partial charge in [0.15, 0.2) is 0 Å². The van der Waals surface area contributed by atoms with Gasteiger partial charge in [0.1, 0.15) is 17.8 Å². The molecule has 2 rings (SSSR count). The van der Waals surface area contributed by atoms with E-state index in [0.717, 1.165) is 27.7 Å². The molecule has 6 heteroatoms. The van der Waals surface area contributed by atoms with Crippen LogP contribution in [0.3, 0.4) is 0 Å². The molecule has 0 saturated carbocycles. The van der Waals surface area contributed by atoms with Crippen LogP contribution in [0.25, 0.3) is 11.0 Å². The summed E-state index contributed by atoms with van der Waals surface area (Å²) in [4.78, 5) is 10.4. The molecule has 0 aliphatic heterocycles. The van der Waals surface area contributed by atoms with Crippen LogP contribution in [0.15, 0.2) is 12.5 Å². The monoisotopic (exact) mass is 331 g/mol. The van der Waals surface area contributed by atoms with Crippen molar-refractivity contribution in [2.75, 3.05) is 26.4 Å². The molecule has 0 saturated heterocycles. The van der Waals surface area contributed by atoms with Crippen molar-refractivity contribution >= 4 is 39.4 Å². The van der Waals surface area contributed by atoms with Crippen LogP contribution in [0.5, 0.6) is 0 Å². The van der Waals surface area contributed by atoms with Crippen molar-refractivity contribution in [2.24, 2.45) is 0 Å². The fraction of sp³-hybridized carbons (Fsp3) is 0.400. The summed E-state index contributed by atoms with van der Waals surface area (Å²) in [7, 11) is 4.11. The summed E-state index contributed by atoms with van der Waals surface area (Å²) >= 11 is 2.27. The minimum absolute atomic E-state index is 0.554. The Balaban J connectivity index is 2.43. The van der Waals surface area contributed by atoms with E-state index in [9.17, 15) is 0 Å². The number of likely N-dealkylation sites (N-methyl/N-ethyl adjacent to an activating group) is 1. The van der Waals surface area contributed by atoms with E-state index < -0.39 is 0 Å². The van der Waals surface area contributed by atoms with Crippen molar-refractivity contribution in [3.05, 3.63) is 16.1 Å². The molecule has 0 aliphatic rings. The first-order valence-corrected chi connectivity index (χ1v) is 6.07. The Bertz CT molecular complexity index is 505. The Morgan fingerprint density at radius 1 is 1.44 bits per heavy atom. The fourth-order valence-corrected chi connectivity index (χ4v) is 2.43. The third-order valence-corrected chi connectivity index (χ3v) is 3.24. The highest BCUT2D eigenvalue weighted by Gasteiger charge is 2.11. The highest BCUT2D eigenvalue weighted by molar-refractivity contribution is 14.1.